The quantitative estimate of drug-likeness (QED) is 0.499. The second-order valence-electron chi connectivity index (χ2n) is 4.45. The zero-order valence-corrected chi connectivity index (χ0v) is 16.9. The summed E-state index contributed by atoms with van der Waals surface area (Å²) in [7, 11) is 0. The molecule has 0 N–H and O–H groups in total. The Morgan fingerprint density at radius 3 is 1.91 bits per heavy atom. The normalized spacial score (nSPS) is 9.50. The molecule has 0 aliphatic rings. The van der Waals surface area contributed by atoms with Gasteiger partial charge in [0, 0.05) is 0 Å². The predicted molar refractivity (Wildman–Crippen MR) is 85.2 cm³/mol. The molecule has 108 valence electrons. The van der Waals surface area contributed by atoms with Crippen LogP contribution in [0.4, 0.5) is 0 Å². The maximum atomic E-state index is 5.46. The third kappa shape index (κ3) is 4.42. The van der Waals surface area contributed by atoms with Gasteiger partial charge in [0.15, 0.2) is 0 Å². The van der Waals surface area contributed by atoms with Crippen LogP contribution in [-0.4, -0.2) is 6.61 Å². The summed E-state index contributed by atoms with van der Waals surface area (Å²) in [5.74, 6) is 0.919. The van der Waals surface area contributed by atoms with Gasteiger partial charge in [0.25, 0.3) is 0 Å². The SMILES string of the molecule is CCOc1ccc(-c2ccc(-c3cc[c-]s3)cc2)cc1.[Cl-].[Zn+2]. The topological polar surface area (TPSA) is 9.23 Å². The number of ether oxygens (including phenoxy) is 1. The van der Waals surface area contributed by atoms with Gasteiger partial charge < -0.3 is 17.1 Å². The smallest absolute Gasteiger partial charge is 1.00 e. The zero-order chi connectivity index (χ0) is 13.8. The number of hydrogen-bond acceptors (Lipinski definition) is 2. The molecular weight excluding hydrogens is 365 g/mol. The summed E-state index contributed by atoms with van der Waals surface area (Å²) in [6.45, 7) is 2.69. The molecule has 0 fully saturated rings. The van der Waals surface area contributed by atoms with Gasteiger partial charge in [-0.15, -0.1) is 10.3 Å². The Labute approximate surface area is 154 Å². The fourth-order valence-corrected chi connectivity index (χ4v) is 2.79. The van der Waals surface area contributed by atoms with Gasteiger partial charge in [-0.3, -0.25) is 11.3 Å². The summed E-state index contributed by atoms with van der Waals surface area (Å²) in [5, 5.41) is 3.12. The molecule has 0 spiro atoms. The molecule has 3 aromatic rings. The third-order valence-electron chi connectivity index (χ3n) is 3.14. The number of halogens is 1. The van der Waals surface area contributed by atoms with Crippen LogP contribution in [0.15, 0.2) is 60.7 Å². The van der Waals surface area contributed by atoms with Crippen LogP contribution < -0.4 is 17.1 Å². The van der Waals surface area contributed by atoms with E-state index < -0.39 is 0 Å². The van der Waals surface area contributed by atoms with Crippen molar-refractivity contribution >= 4 is 11.3 Å². The number of benzene rings is 2. The van der Waals surface area contributed by atoms with Gasteiger partial charge in [-0.2, -0.15) is 12.1 Å². The van der Waals surface area contributed by atoms with Crippen LogP contribution in [0.3, 0.4) is 0 Å². The van der Waals surface area contributed by atoms with E-state index in [1.807, 2.05) is 25.1 Å². The number of hydrogen-bond donors (Lipinski definition) is 0. The number of thiophene rings is 1. The third-order valence-corrected chi connectivity index (χ3v) is 3.99. The Morgan fingerprint density at radius 2 is 1.41 bits per heavy atom. The van der Waals surface area contributed by atoms with Crippen molar-refractivity contribution in [2.45, 2.75) is 6.92 Å². The van der Waals surface area contributed by atoms with Crippen LogP contribution in [-0.2, 0) is 19.5 Å². The molecule has 0 unspecified atom stereocenters. The van der Waals surface area contributed by atoms with Crippen molar-refractivity contribution in [3.8, 4) is 27.3 Å². The van der Waals surface area contributed by atoms with E-state index in [0.29, 0.717) is 6.61 Å². The van der Waals surface area contributed by atoms with Crippen LogP contribution in [0, 0.1) is 5.38 Å². The Kier molecular flexibility index (Phi) is 7.81. The minimum atomic E-state index is 0. The van der Waals surface area contributed by atoms with E-state index in [0.717, 1.165) is 5.75 Å². The van der Waals surface area contributed by atoms with E-state index in [4.69, 9.17) is 4.74 Å². The Balaban J connectivity index is 0.00000121. The maximum absolute atomic E-state index is 5.46. The summed E-state index contributed by atoms with van der Waals surface area (Å²) in [5.41, 5.74) is 3.67. The van der Waals surface area contributed by atoms with Crippen molar-refractivity contribution in [1.29, 1.82) is 0 Å². The van der Waals surface area contributed by atoms with Crippen molar-refractivity contribution in [3.05, 3.63) is 66.0 Å². The van der Waals surface area contributed by atoms with Crippen LogP contribution in [0.25, 0.3) is 21.6 Å². The molecule has 0 atom stereocenters. The first-order valence-electron chi connectivity index (χ1n) is 6.66. The monoisotopic (exact) mass is 378 g/mol. The summed E-state index contributed by atoms with van der Waals surface area (Å²) >= 11 is 1.64. The zero-order valence-electron chi connectivity index (χ0n) is 12.4. The summed E-state index contributed by atoms with van der Waals surface area (Å²) in [6.07, 6.45) is 0. The fourth-order valence-electron chi connectivity index (χ4n) is 2.13. The van der Waals surface area contributed by atoms with E-state index in [1.54, 1.807) is 11.3 Å². The van der Waals surface area contributed by atoms with Gasteiger partial charge in [0.2, 0.25) is 0 Å². The molecule has 0 saturated carbocycles. The van der Waals surface area contributed by atoms with Crippen molar-refractivity contribution in [2.75, 3.05) is 6.61 Å². The molecule has 22 heavy (non-hydrogen) atoms. The first-order chi connectivity index (χ1) is 9.86. The Bertz CT molecular complexity index is 663. The Hall–Kier alpha value is -1.15. The summed E-state index contributed by atoms with van der Waals surface area (Å²) in [4.78, 5) is 1.25. The van der Waals surface area contributed by atoms with Crippen molar-refractivity contribution in [2.24, 2.45) is 0 Å². The summed E-state index contributed by atoms with van der Waals surface area (Å²) < 4.78 is 5.46. The van der Waals surface area contributed by atoms with Gasteiger partial charge in [-0.1, -0.05) is 42.0 Å². The van der Waals surface area contributed by atoms with Gasteiger partial charge in [0.05, 0.1) is 6.61 Å². The molecule has 0 bridgehead atoms. The molecule has 1 aromatic heterocycles. The molecule has 1 nitrogen and oxygen atoms in total. The summed E-state index contributed by atoms with van der Waals surface area (Å²) in [6, 6.07) is 20.9. The Morgan fingerprint density at radius 1 is 0.864 bits per heavy atom. The van der Waals surface area contributed by atoms with E-state index in [2.05, 4.69) is 47.8 Å². The predicted octanol–water partition coefficient (Wildman–Crippen LogP) is 2.28. The van der Waals surface area contributed by atoms with Gasteiger partial charge in [-0.25, -0.2) is 0 Å². The second kappa shape index (κ2) is 9.10. The minimum absolute atomic E-state index is 0. The van der Waals surface area contributed by atoms with Crippen molar-refractivity contribution in [1.82, 2.24) is 0 Å². The first kappa shape index (κ1) is 18.9. The standard InChI is InChI=1S/C18H15OS.ClH.Zn/c1-2-19-17-11-9-15(10-12-17)14-5-7-16(8-6-14)18-4-3-13-20-18;;/h3-12H,2H2,1H3;1H;/q-1;;+2/p-1. The molecule has 4 heteroatoms. The molecule has 0 aliphatic carbocycles. The number of rotatable bonds is 4. The molecule has 0 saturated heterocycles. The van der Waals surface area contributed by atoms with Gasteiger partial charge >= 0.3 is 19.5 Å². The molecule has 3 rings (SSSR count). The van der Waals surface area contributed by atoms with Crippen molar-refractivity contribution < 1.29 is 36.6 Å². The van der Waals surface area contributed by atoms with E-state index in [9.17, 15) is 0 Å². The maximum Gasteiger partial charge on any atom is 2.00 e. The minimum Gasteiger partial charge on any atom is -1.00 e. The molecule has 2 aromatic carbocycles. The van der Waals surface area contributed by atoms with E-state index >= 15 is 0 Å². The van der Waals surface area contributed by atoms with E-state index in [1.165, 1.54) is 21.6 Å². The molecule has 1 heterocycles. The molecule has 0 radical (unpaired) electrons. The van der Waals surface area contributed by atoms with Gasteiger partial charge in [0.1, 0.15) is 5.75 Å². The largest absolute Gasteiger partial charge is 2.00 e. The average Bonchev–Trinajstić information content (AvgIpc) is 3.03. The van der Waals surface area contributed by atoms with Gasteiger partial charge in [-0.05, 0) is 30.2 Å². The average molecular weight is 380 g/mol. The van der Waals surface area contributed by atoms with Crippen LogP contribution in [0.1, 0.15) is 6.92 Å². The van der Waals surface area contributed by atoms with E-state index in [-0.39, 0.29) is 31.9 Å². The van der Waals surface area contributed by atoms with Crippen LogP contribution >= 0.6 is 11.3 Å². The fraction of sp³-hybridized carbons (Fsp3) is 0.111. The molecule has 0 aliphatic heterocycles. The second-order valence-corrected chi connectivity index (χ2v) is 5.33. The molecular formula is C18H15ClOSZn. The van der Waals surface area contributed by atoms with Crippen LogP contribution in [0.5, 0.6) is 5.75 Å². The first-order valence-corrected chi connectivity index (χ1v) is 7.48. The molecule has 0 amide bonds. The van der Waals surface area contributed by atoms with Crippen molar-refractivity contribution in [3.63, 3.8) is 0 Å². The van der Waals surface area contributed by atoms with Crippen LogP contribution in [0.2, 0.25) is 0 Å².